The van der Waals surface area contributed by atoms with Gasteiger partial charge < -0.3 is 9.84 Å². The molecule has 0 aliphatic heterocycles. The van der Waals surface area contributed by atoms with Gasteiger partial charge in [-0.1, -0.05) is 6.92 Å². The molecule has 1 N–H and O–H groups in total. The summed E-state index contributed by atoms with van der Waals surface area (Å²) in [5, 5.41) is 9.06. The van der Waals surface area contributed by atoms with Crippen LogP contribution < -0.4 is 4.74 Å². The number of aliphatic hydroxyl groups is 1. The summed E-state index contributed by atoms with van der Waals surface area (Å²) in [6, 6.07) is 7.85. The molecule has 0 saturated carbocycles. The number of hydrogen-bond acceptors (Lipinski definition) is 3. The minimum atomic E-state index is -0.431. The molecule has 100 valence electrons. The third kappa shape index (κ3) is 3.29. The van der Waals surface area contributed by atoms with Gasteiger partial charge in [-0.3, -0.25) is 4.98 Å². The fourth-order valence-electron chi connectivity index (χ4n) is 1.84. The van der Waals surface area contributed by atoms with E-state index in [9.17, 15) is 4.39 Å². The van der Waals surface area contributed by atoms with Crippen molar-refractivity contribution < 1.29 is 14.2 Å². The number of rotatable bonds is 4. The fourth-order valence-corrected chi connectivity index (χ4v) is 1.84. The Morgan fingerprint density at radius 1 is 1.26 bits per heavy atom. The maximum atomic E-state index is 13.4. The van der Waals surface area contributed by atoms with E-state index in [1.54, 1.807) is 6.07 Å². The highest BCUT2D eigenvalue weighted by Gasteiger charge is 2.07. The van der Waals surface area contributed by atoms with Crippen molar-refractivity contribution in [1.29, 1.82) is 0 Å². The lowest BCUT2D eigenvalue weighted by Gasteiger charge is -2.11. The number of benzene rings is 1. The van der Waals surface area contributed by atoms with Gasteiger partial charge in [0.15, 0.2) is 0 Å². The zero-order valence-electron chi connectivity index (χ0n) is 11.0. The molecule has 0 bridgehead atoms. The molecule has 0 saturated heterocycles. The number of aryl methyl sites for hydroxylation is 2. The first-order valence-corrected chi connectivity index (χ1v) is 6.17. The molecule has 3 nitrogen and oxygen atoms in total. The van der Waals surface area contributed by atoms with Gasteiger partial charge in [-0.2, -0.15) is 0 Å². The summed E-state index contributed by atoms with van der Waals surface area (Å²) < 4.78 is 19.0. The molecule has 1 aromatic carbocycles. The molecule has 0 radical (unpaired) electrons. The lowest BCUT2D eigenvalue weighted by Crippen LogP contribution is -1.96. The van der Waals surface area contributed by atoms with E-state index in [-0.39, 0.29) is 6.61 Å². The first kappa shape index (κ1) is 13.5. The van der Waals surface area contributed by atoms with Gasteiger partial charge in [0.1, 0.15) is 17.3 Å². The van der Waals surface area contributed by atoms with Crippen LogP contribution in [0.1, 0.15) is 23.9 Å². The quantitative estimate of drug-likeness (QED) is 0.917. The third-order valence-electron chi connectivity index (χ3n) is 2.75. The summed E-state index contributed by atoms with van der Waals surface area (Å²) in [7, 11) is 0. The first-order valence-electron chi connectivity index (χ1n) is 6.17. The molecule has 0 spiro atoms. The van der Waals surface area contributed by atoms with Gasteiger partial charge in [0.25, 0.3) is 0 Å². The average molecular weight is 261 g/mol. The minimum Gasteiger partial charge on any atom is -0.455 e. The maximum absolute atomic E-state index is 13.4. The number of aliphatic hydroxyl groups excluding tert-OH is 1. The normalized spacial score (nSPS) is 10.5. The van der Waals surface area contributed by atoms with Gasteiger partial charge in [0.2, 0.25) is 0 Å². The lowest BCUT2D eigenvalue weighted by atomic mass is 10.2. The Kier molecular flexibility index (Phi) is 4.12. The number of halogens is 1. The summed E-state index contributed by atoms with van der Waals surface area (Å²) in [5.41, 5.74) is 2.22. The number of ether oxygens (including phenoxy) is 1. The Bertz CT molecular complexity index is 584. The van der Waals surface area contributed by atoms with E-state index in [1.165, 1.54) is 12.1 Å². The fraction of sp³-hybridized carbons (Fsp3) is 0.267. The molecule has 4 heteroatoms. The van der Waals surface area contributed by atoms with Crippen LogP contribution in [0, 0.1) is 12.7 Å². The van der Waals surface area contributed by atoms with Crippen LogP contribution in [-0.4, -0.2) is 10.1 Å². The molecule has 1 heterocycles. The second-order valence-electron chi connectivity index (χ2n) is 4.31. The zero-order valence-corrected chi connectivity index (χ0v) is 11.0. The van der Waals surface area contributed by atoms with Crippen molar-refractivity contribution in [3.8, 4) is 11.5 Å². The lowest BCUT2D eigenvalue weighted by molar-refractivity contribution is 0.280. The van der Waals surface area contributed by atoms with E-state index in [4.69, 9.17) is 9.84 Å². The molecule has 0 amide bonds. The minimum absolute atomic E-state index is 0.221. The molecular weight excluding hydrogens is 245 g/mol. The average Bonchev–Trinajstić information content (AvgIpc) is 2.40. The van der Waals surface area contributed by atoms with Crippen LogP contribution in [0.15, 0.2) is 30.3 Å². The molecule has 1 aromatic heterocycles. The van der Waals surface area contributed by atoms with Crippen LogP contribution in [0.25, 0.3) is 0 Å². The predicted octanol–water partition coefficient (Wildman–Crippen LogP) is 3.38. The molecule has 0 fully saturated rings. The van der Waals surface area contributed by atoms with Gasteiger partial charge >= 0.3 is 0 Å². The van der Waals surface area contributed by atoms with Crippen LogP contribution in [-0.2, 0) is 13.0 Å². The zero-order chi connectivity index (χ0) is 13.8. The molecule has 19 heavy (non-hydrogen) atoms. The first-order chi connectivity index (χ1) is 9.12. The Morgan fingerprint density at radius 3 is 2.74 bits per heavy atom. The highest BCUT2D eigenvalue weighted by molar-refractivity contribution is 5.37. The summed E-state index contributed by atoms with van der Waals surface area (Å²) in [5.74, 6) is 0.548. The molecule has 0 aliphatic rings. The Balaban J connectivity index is 2.33. The van der Waals surface area contributed by atoms with Crippen LogP contribution in [0.4, 0.5) is 4.39 Å². The maximum Gasteiger partial charge on any atom is 0.148 e. The van der Waals surface area contributed by atoms with Crippen molar-refractivity contribution in [2.45, 2.75) is 26.9 Å². The Morgan fingerprint density at radius 2 is 2.05 bits per heavy atom. The molecule has 2 aromatic rings. The van der Waals surface area contributed by atoms with Crippen molar-refractivity contribution in [2.75, 3.05) is 0 Å². The SMILES string of the molecule is CCc1nc(C)ccc1Oc1cc(F)cc(CO)c1. The van der Waals surface area contributed by atoms with E-state index in [0.717, 1.165) is 17.8 Å². The van der Waals surface area contributed by atoms with E-state index in [1.807, 2.05) is 26.0 Å². The van der Waals surface area contributed by atoms with Gasteiger partial charge in [-0.05, 0) is 43.2 Å². The van der Waals surface area contributed by atoms with E-state index >= 15 is 0 Å². The van der Waals surface area contributed by atoms with Gasteiger partial charge in [-0.25, -0.2) is 4.39 Å². The summed E-state index contributed by atoms with van der Waals surface area (Å²) in [4.78, 5) is 4.38. The highest BCUT2D eigenvalue weighted by Crippen LogP contribution is 2.26. The van der Waals surface area contributed by atoms with Crippen molar-refractivity contribution in [2.24, 2.45) is 0 Å². The second kappa shape index (κ2) is 5.80. The Hall–Kier alpha value is -1.94. The van der Waals surface area contributed by atoms with Crippen LogP contribution >= 0.6 is 0 Å². The van der Waals surface area contributed by atoms with Gasteiger partial charge in [-0.15, -0.1) is 0 Å². The topological polar surface area (TPSA) is 42.4 Å². The van der Waals surface area contributed by atoms with Crippen molar-refractivity contribution in [3.05, 3.63) is 53.1 Å². The molecule has 0 atom stereocenters. The molecular formula is C15H16FNO2. The molecule has 0 unspecified atom stereocenters. The summed E-state index contributed by atoms with van der Waals surface area (Å²) in [6.45, 7) is 3.68. The number of hydrogen-bond donors (Lipinski definition) is 1. The van der Waals surface area contributed by atoms with Gasteiger partial charge in [0.05, 0.1) is 12.3 Å². The predicted molar refractivity (Wildman–Crippen MR) is 70.7 cm³/mol. The standard InChI is InChI=1S/C15H16FNO2/c1-3-14-15(5-4-10(2)17-14)19-13-7-11(9-18)6-12(16)8-13/h4-8,18H,3,9H2,1-2H3. The van der Waals surface area contributed by atoms with Crippen LogP contribution in [0.5, 0.6) is 11.5 Å². The van der Waals surface area contributed by atoms with Crippen LogP contribution in [0.2, 0.25) is 0 Å². The summed E-state index contributed by atoms with van der Waals surface area (Å²) >= 11 is 0. The van der Waals surface area contributed by atoms with Crippen LogP contribution in [0.3, 0.4) is 0 Å². The molecule has 0 aliphatic carbocycles. The number of pyridine rings is 1. The van der Waals surface area contributed by atoms with Crippen molar-refractivity contribution in [1.82, 2.24) is 4.98 Å². The molecule has 2 rings (SSSR count). The second-order valence-corrected chi connectivity index (χ2v) is 4.31. The smallest absolute Gasteiger partial charge is 0.148 e. The highest BCUT2D eigenvalue weighted by atomic mass is 19.1. The van der Waals surface area contributed by atoms with E-state index in [0.29, 0.717) is 17.1 Å². The monoisotopic (exact) mass is 261 g/mol. The third-order valence-corrected chi connectivity index (χ3v) is 2.75. The van der Waals surface area contributed by atoms with Crippen molar-refractivity contribution >= 4 is 0 Å². The van der Waals surface area contributed by atoms with E-state index in [2.05, 4.69) is 4.98 Å². The van der Waals surface area contributed by atoms with E-state index < -0.39 is 5.82 Å². The number of aromatic nitrogens is 1. The largest absolute Gasteiger partial charge is 0.455 e. The van der Waals surface area contributed by atoms with Crippen molar-refractivity contribution in [3.63, 3.8) is 0 Å². The Labute approximate surface area is 111 Å². The number of nitrogens with zero attached hydrogens (tertiary/aromatic N) is 1. The van der Waals surface area contributed by atoms with Gasteiger partial charge in [0, 0.05) is 11.8 Å². The summed E-state index contributed by atoms with van der Waals surface area (Å²) in [6.07, 6.45) is 0.735.